The van der Waals surface area contributed by atoms with Gasteiger partial charge in [0.2, 0.25) is 5.91 Å². The van der Waals surface area contributed by atoms with E-state index >= 15 is 0 Å². The van der Waals surface area contributed by atoms with Crippen molar-refractivity contribution in [1.29, 1.82) is 0 Å². The lowest BCUT2D eigenvalue weighted by Gasteiger charge is -2.26. The first-order valence-electron chi connectivity index (χ1n) is 7.64. The Labute approximate surface area is 134 Å². The Kier molecular flexibility index (Phi) is 4.85. The van der Waals surface area contributed by atoms with Gasteiger partial charge in [-0.25, -0.2) is 0 Å². The maximum Gasteiger partial charge on any atom is 0.227 e. The van der Waals surface area contributed by atoms with Crippen molar-refractivity contribution < 1.29 is 9.90 Å². The summed E-state index contributed by atoms with van der Waals surface area (Å²) < 4.78 is 0. The zero-order valence-corrected chi connectivity index (χ0v) is 13.2. The monoisotopic (exact) mass is 316 g/mol. The molecule has 1 saturated heterocycles. The number of pyridine rings is 1. The number of thiophene rings is 1. The van der Waals surface area contributed by atoms with E-state index in [0.29, 0.717) is 12.8 Å². The number of nitrogens with zero attached hydrogens (tertiary/aromatic N) is 2. The van der Waals surface area contributed by atoms with Crippen molar-refractivity contribution in [1.82, 2.24) is 9.88 Å². The molecule has 2 aromatic heterocycles. The standard InChI is InChI=1S/C17H20N2O2S/c20-15(16-4-2-10-22-16)12-14-3-1-9-19(14)17(21)11-13-5-7-18-8-6-13/h2,4-8,10,14-15,20H,1,3,9,11-12H2/t14-,15-/m1/s1. The van der Waals surface area contributed by atoms with E-state index in [-0.39, 0.29) is 11.9 Å². The van der Waals surface area contributed by atoms with E-state index in [4.69, 9.17) is 0 Å². The van der Waals surface area contributed by atoms with Crippen molar-refractivity contribution in [3.63, 3.8) is 0 Å². The summed E-state index contributed by atoms with van der Waals surface area (Å²) in [6.07, 6.45) is 5.99. The number of likely N-dealkylation sites (tertiary alicyclic amines) is 1. The summed E-state index contributed by atoms with van der Waals surface area (Å²) in [4.78, 5) is 19.4. The molecule has 0 radical (unpaired) electrons. The third kappa shape index (κ3) is 3.54. The average molecular weight is 316 g/mol. The first kappa shape index (κ1) is 15.2. The lowest BCUT2D eigenvalue weighted by atomic mass is 10.0. The number of rotatable bonds is 5. The molecule has 4 nitrogen and oxygen atoms in total. The van der Waals surface area contributed by atoms with Gasteiger partial charge in [-0.3, -0.25) is 9.78 Å². The first-order chi connectivity index (χ1) is 10.7. The molecule has 22 heavy (non-hydrogen) atoms. The summed E-state index contributed by atoms with van der Waals surface area (Å²) in [5.41, 5.74) is 0.990. The molecular weight excluding hydrogens is 296 g/mol. The van der Waals surface area contributed by atoms with Crippen LogP contribution in [0.4, 0.5) is 0 Å². The number of carbonyl (C=O) groups excluding carboxylic acids is 1. The van der Waals surface area contributed by atoms with Gasteiger partial charge >= 0.3 is 0 Å². The zero-order valence-electron chi connectivity index (χ0n) is 12.4. The van der Waals surface area contributed by atoms with Gasteiger partial charge in [0.25, 0.3) is 0 Å². The number of carbonyl (C=O) groups is 1. The average Bonchev–Trinajstić information content (AvgIpc) is 3.19. The van der Waals surface area contributed by atoms with Gasteiger partial charge in [0.05, 0.1) is 12.5 Å². The molecule has 1 N–H and O–H groups in total. The summed E-state index contributed by atoms with van der Waals surface area (Å²) in [7, 11) is 0. The minimum Gasteiger partial charge on any atom is -0.387 e. The predicted octanol–water partition coefficient (Wildman–Crippen LogP) is 2.80. The maximum atomic E-state index is 12.5. The molecule has 1 fully saturated rings. The Morgan fingerprint density at radius 1 is 1.41 bits per heavy atom. The molecule has 5 heteroatoms. The molecule has 1 aliphatic rings. The number of aliphatic hydroxyl groups is 1. The molecule has 0 aromatic carbocycles. The molecule has 0 spiro atoms. The van der Waals surface area contributed by atoms with Crippen molar-refractivity contribution in [2.24, 2.45) is 0 Å². The fourth-order valence-corrected chi connectivity index (χ4v) is 3.77. The van der Waals surface area contributed by atoms with Crippen molar-refractivity contribution in [2.75, 3.05) is 6.54 Å². The van der Waals surface area contributed by atoms with Crippen LogP contribution in [0.1, 0.15) is 35.8 Å². The van der Waals surface area contributed by atoms with Crippen molar-refractivity contribution in [3.8, 4) is 0 Å². The van der Waals surface area contributed by atoms with Crippen LogP contribution in [-0.2, 0) is 11.2 Å². The Hall–Kier alpha value is -1.72. The molecule has 0 saturated carbocycles. The van der Waals surface area contributed by atoms with Crippen LogP contribution >= 0.6 is 11.3 Å². The smallest absolute Gasteiger partial charge is 0.227 e. The van der Waals surface area contributed by atoms with Crippen LogP contribution in [0.25, 0.3) is 0 Å². The summed E-state index contributed by atoms with van der Waals surface area (Å²) >= 11 is 1.57. The summed E-state index contributed by atoms with van der Waals surface area (Å²) in [5.74, 6) is 0.145. The zero-order chi connectivity index (χ0) is 15.4. The van der Waals surface area contributed by atoms with E-state index in [1.807, 2.05) is 34.5 Å². The van der Waals surface area contributed by atoms with E-state index < -0.39 is 6.10 Å². The molecule has 0 bridgehead atoms. The lowest BCUT2D eigenvalue weighted by molar-refractivity contribution is -0.131. The second-order valence-electron chi connectivity index (χ2n) is 5.68. The highest BCUT2D eigenvalue weighted by Gasteiger charge is 2.30. The summed E-state index contributed by atoms with van der Waals surface area (Å²) in [5, 5.41) is 12.3. The fraction of sp³-hybridized carbons (Fsp3) is 0.412. The summed E-state index contributed by atoms with van der Waals surface area (Å²) in [6.45, 7) is 0.797. The SMILES string of the molecule is O=C(Cc1ccncc1)N1CCC[C@@H]1C[C@@H](O)c1cccs1. The molecule has 3 rings (SSSR count). The van der Waals surface area contributed by atoms with Crippen LogP contribution in [0.2, 0.25) is 0 Å². The Morgan fingerprint density at radius 3 is 2.95 bits per heavy atom. The van der Waals surface area contributed by atoms with Crippen molar-refractivity contribution >= 4 is 17.2 Å². The van der Waals surface area contributed by atoms with Gasteiger partial charge in [-0.1, -0.05) is 6.07 Å². The van der Waals surface area contributed by atoms with Gasteiger partial charge in [-0.2, -0.15) is 0 Å². The minimum absolute atomic E-state index is 0.145. The van der Waals surface area contributed by atoms with Gasteiger partial charge in [0.1, 0.15) is 0 Å². The third-order valence-corrected chi connectivity index (χ3v) is 5.14. The van der Waals surface area contributed by atoms with E-state index in [9.17, 15) is 9.90 Å². The number of hydrogen-bond acceptors (Lipinski definition) is 4. The van der Waals surface area contributed by atoms with Crippen molar-refractivity contribution in [2.45, 2.75) is 37.8 Å². The number of hydrogen-bond donors (Lipinski definition) is 1. The molecule has 0 unspecified atom stereocenters. The number of aromatic nitrogens is 1. The fourth-order valence-electron chi connectivity index (χ4n) is 3.04. The summed E-state index contributed by atoms with van der Waals surface area (Å²) in [6, 6.07) is 7.80. The Balaban J connectivity index is 1.61. The van der Waals surface area contributed by atoms with E-state index in [0.717, 1.165) is 29.8 Å². The first-order valence-corrected chi connectivity index (χ1v) is 8.52. The highest BCUT2D eigenvalue weighted by atomic mass is 32.1. The van der Waals surface area contributed by atoms with E-state index in [1.54, 1.807) is 23.7 Å². The Morgan fingerprint density at radius 2 is 2.23 bits per heavy atom. The molecule has 0 aliphatic carbocycles. The van der Waals surface area contributed by atoms with Crippen LogP contribution in [0, 0.1) is 0 Å². The molecular formula is C17H20N2O2S. The van der Waals surface area contributed by atoms with E-state index in [1.165, 1.54) is 0 Å². The second kappa shape index (κ2) is 7.03. The largest absolute Gasteiger partial charge is 0.387 e. The quantitative estimate of drug-likeness (QED) is 0.923. The molecule has 1 amide bonds. The van der Waals surface area contributed by atoms with Crippen LogP contribution < -0.4 is 0 Å². The lowest BCUT2D eigenvalue weighted by Crippen LogP contribution is -2.37. The van der Waals surface area contributed by atoms with Gasteiger partial charge < -0.3 is 10.0 Å². The van der Waals surface area contributed by atoms with Gasteiger partial charge in [0.15, 0.2) is 0 Å². The van der Waals surface area contributed by atoms with Crippen LogP contribution in [0.3, 0.4) is 0 Å². The van der Waals surface area contributed by atoms with Crippen LogP contribution in [0.5, 0.6) is 0 Å². The molecule has 116 valence electrons. The normalized spacial score (nSPS) is 19.3. The predicted molar refractivity (Wildman–Crippen MR) is 86.6 cm³/mol. The molecule has 1 aliphatic heterocycles. The van der Waals surface area contributed by atoms with Gasteiger partial charge in [-0.05, 0) is 48.4 Å². The van der Waals surface area contributed by atoms with E-state index in [2.05, 4.69) is 4.98 Å². The third-order valence-electron chi connectivity index (χ3n) is 4.17. The topological polar surface area (TPSA) is 53.4 Å². The van der Waals surface area contributed by atoms with Crippen molar-refractivity contribution in [3.05, 3.63) is 52.5 Å². The number of aliphatic hydroxyl groups excluding tert-OH is 1. The molecule has 2 atom stereocenters. The highest BCUT2D eigenvalue weighted by Crippen LogP contribution is 2.29. The minimum atomic E-state index is -0.473. The van der Waals surface area contributed by atoms with Crippen LogP contribution in [-0.4, -0.2) is 33.5 Å². The number of amides is 1. The highest BCUT2D eigenvalue weighted by molar-refractivity contribution is 7.10. The molecule has 3 heterocycles. The van der Waals surface area contributed by atoms with Crippen LogP contribution in [0.15, 0.2) is 42.0 Å². The molecule has 2 aromatic rings. The van der Waals surface area contributed by atoms with Gasteiger partial charge in [-0.15, -0.1) is 11.3 Å². The van der Waals surface area contributed by atoms with Gasteiger partial charge in [0, 0.05) is 29.9 Å². The Bertz CT molecular complexity index is 600. The second-order valence-corrected chi connectivity index (χ2v) is 6.66. The maximum absolute atomic E-state index is 12.5.